The molecule has 3 nitrogen and oxygen atoms in total. The van der Waals surface area contributed by atoms with E-state index in [1.165, 1.54) is 11.8 Å². The van der Waals surface area contributed by atoms with Crippen LogP contribution < -0.4 is 4.90 Å². The van der Waals surface area contributed by atoms with Crippen molar-refractivity contribution in [3.63, 3.8) is 0 Å². The molecule has 1 atom stereocenters. The van der Waals surface area contributed by atoms with Gasteiger partial charge in [0.25, 0.3) is 5.91 Å². The Hall–Kier alpha value is -2.82. The molecule has 3 aromatic carbocycles. The number of ketones is 1. The number of hydrogen-bond acceptors (Lipinski definition) is 3. The Balaban J connectivity index is 1.76. The highest BCUT2D eigenvalue weighted by atomic mass is 35.5. The van der Waals surface area contributed by atoms with Gasteiger partial charge in [0, 0.05) is 21.7 Å². The lowest BCUT2D eigenvalue weighted by atomic mass is 10.0. The van der Waals surface area contributed by atoms with Crippen molar-refractivity contribution >= 4 is 46.4 Å². The van der Waals surface area contributed by atoms with Gasteiger partial charge in [0.2, 0.25) is 0 Å². The Morgan fingerprint density at radius 1 is 0.786 bits per heavy atom. The van der Waals surface area contributed by atoms with E-state index < -0.39 is 5.25 Å². The largest absolute Gasteiger partial charge is 0.293 e. The van der Waals surface area contributed by atoms with Gasteiger partial charge in [0.05, 0.1) is 5.70 Å². The maximum atomic E-state index is 13.4. The van der Waals surface area contributed by atoms with E-state index in [0.29, 0.717) is 10.7 Å². The van der Waals surface area contributed by atoms with Crippen LogP contribution in [0.3, 0.4) is 0 Å². The van der Waals surface area contributed by atoms with Crippen molar-refractivity contribution in [3.8, 4) is 0 Å². The molecular formula is C23H16ClNO2S. The molecule has 0 N–H and O–H groups in total. The first-order chi connectivity index (χ1) is 13.6. The molecule has 0 fully saturated rings. The lowest BCUT2D eigenvalue weighted by Crippen LogP contribution is -2.44. The van der Waals surface area contributed by atoms with E-state index in [1.807, 2.05) is 72.8 Å². The highest BCUT2D eigenvalue weighted by Crippen LogP contribution is 2.36. The molecule has 138 valence electrons. The molecule has 0 aliphatic carbocycles. The molecule has 0 spiro atoms. The average Bonchev–Trinajstić information content (AvgIpc) is 2.73. The van der Waals surface area contributed by atoms with Crippen LogP contribution in [0.15, 0.2) is 95.9 Å². The second-order valence-corrected chi connectivity index (χ2v) is 7.87. The summed E-state index contributed by atoms with van der Waals surface area (Å²) >= 11 is 7.18. The van der Waals surface area contributed by atoms with E-state index in [-0.39, 0.29) is 11.7 Å². The number of halogens is 1. The van der Waals surface area contributed by atoms with Gasteiger partial charge in [-0.3, -0.25) is 14.5 Å². The Morgan fingerprint density at radius 3 is 2.04 bits per heavy atom. The number of para-hydroxylation sites is 1. The monoisotopic (exact) mass is 405 g/mol. The summed E-state index contributed by atoms with van der Waals surface area (Å²) in [7, 11) is 0. The smallest absolute Gasteiger partial charge is 0.252 e. The van der Waals surface area contributed by atoms with Gasteiger partial charge in [-0.15, -0.1) is 11.8 Å². The molecule has 1 aliphatic rings. The molecule has 1 aliphatic heterocycles. The van der Waals surface area contributed by atoms with Crippen LogP contribution in [0.2, 0.25) is 5.02 Å². The second kappa shape index (κ2) is 8.05. The number of amides is 1. The van der Waals surface area contributed by atoms with Crippen LogP contribution in [-0.4, -0.2) is 16.9 Å². The Kier molecular flexibility index (Phi) is 5.33. The first-order valence-corrected chi connectivity index (χ1v) is 10.0. The predicted octanol–water partition coefficient (Wildman–Crippen LogP) is 5.46. The molecule has 4 rings (SSSR count). The Morgan fingerprint density at radius 2 is 1.39 bits per heavy atom. The molecule has 0 aromatic heterocycles. The second-order valence-electron chi connectivity index (χ2n) is 6.26. The number of benzene rings is 3. The van der Waals surface area contributed by atoms with Crippen molar-refractivity contribution in [1.82, 2.24) is 0 Å². The maximum absolute atomic E-state index is 13.4. The molecule has 3 aromatic rings. The van der Waals surface area contributed by atoms with E-state index in [9.17, 15) is 9.59 Å². The average molecular weight is 406 g/mol. The van der Waals surface area contributed by atoms with Gasteiger partial charge in [-0.05, 0) is 42.0 Å². The van der Waals surface area contributed by atoms with Crippen molar-refractivity contribution < 1.29 is 9.59 Å². The number of rotatable bonds is 4. The van der Waals surface area contributed by atoms with E-state index in [2.05, 4.69) is 0 Å². The summed E-state index contributed by atoms with van der Waals surface area (Å²) in [5.74, 6) is -0.464. The molecule has 0 radical (unpaired) electrons. The number of allylic oxidation sites excluding steroid dienone is 1. The molecule has 0 saturated heterocycles. The lowest BCUT2D eigenvalue weighted by molar-refractivity contribution is -0.123. The fourth-order valence-electron chi connectivity index (χ4n) is 3.06. The molecule has 0 bridgehead atoms. The third-order valence-corrected chi connectivity index (χ3v) is 5.84. The number of hydrogen-bond donors (Lipinski definition) is 0. The van der Waals surface area contributed by atoms with Gasteiger partial charge in [0.1, 0.15) is 0 Å². The zero-order valence-electron chi connectivity index (χ0n) is 14.8. The Bertz CT molecular complexity index is 1030. The summed E-state index contributed by atoms with van der Waals surface area (Å²) in [5.41, 5.74) is 2.15. The molecule has 28 heavy (non-hydrogen) atoms. The van der Waals surface area contributed by atoms with Gasteiger partial charge in [-0.2, -0.15) is 0 Å². The fraction of sp³-hybridized carbons (Fsp3) is 0.0435. The van der Waals surface area contributed by atoms with Gasteiger partial charge < -0.3 is 0 Å². The van der Waals surface area contributed by atoms with E-state index >= 15 is 0 Å². The summed E-state index contributed by atoms with van der Waals surface area (Å²) in [6.07, 6.45) is 1.57. The van der Waals surface area contributed by atoms with Crippen LogP contribution >= 0.6 is 23.4 Å². The maximum Gasteiger partial charge on any atom is 0.252 e. The minimum absolute atomic E-state index is 0.212. The van der Waals surface area contributed by atoms with E-state index in [1.54, 1.807) is 23.1 Å². The predicted molar refractivity (Wildman–Crippen MR) is 114 cm³/mol. The van der Waals surface area contributed by atoms with Crippen LogP contribution in [0.5, 0.6) is 0 Å². The van der Waals surface area contributed by atoms with Crippen LogP contribution in [0.4, 0.5) is 5.69 Å². The van der Waals surface area contributed by atoms with Crippen LogP contribution in [0.1, 0.15) is 5.56 Å². The zero-order chi connectivity index (χ0) is 19.5. The minimum atomic E-state index is -0.839. The molecule has 0 saturated carbocycles. The van der Waals surface area contributed by atoms with E-state index in [0.717, 1.165) is 16.1 Å². The van der Waals surface area contributed by atoms with Crippen molar-refractivity contribution in [1.29, 1.82) is 0 Å². The van der Waals surface area contributed by atoms with Gasteiger partial charge >= 0.3 is 0 Å². The number of thioether (sulfide) groups is 1. The quantitative estimate of drug-likeness (QED) is 0.541. The van der Waals surface area contributed by atoms with Crippen LogP contribution in [0.25, 0.3) is 5.70 Å². The van der Waals surface area contributed by atoms with Gasteiger partial charge in [-0.1, -0.05) is 60.1 Å². The third kappa shape index (κ3) is 3.75. The summed E-state index contributed by atoms with van der Waals surface area (Å²) < 4.78 is 0. The van der Waals surface area contributed by atoms with Gasteiger partial charge in [-0.25, -0.2) is 0 Å². The topological polar surface area (TPSA) is 37.4 Å². The standard InChI is InChI=1S/C23H16ClNO2S/c24-17-11-13-19(14-12-17)28-22-21(26)15-20(16-7-3-1-4-8-16)25(23(22)27)18-9-5-2-6-10-18/h1-15,22H. The number of anilines is 1. The first kappa shape index (κ1) is 18.5. The van der Waals surface area contributed by atoms with Crippen molar-refractivity contribution in [3.05, 3.63) is 102 Å². The Labute approximate surface area is 172 Å². The summed E-state index contributed by atoms with van der Waals surface area (Å²) in [4.78, 5) is 28.7. The van der Waals surface area contributed by atoms with Crippen molar-refractivity contribution in [2.75, 3.05) is 4.90 Å². The normalized spacial score (nSPS) is 16.8. The summed E-state index contributed by atoms with van der Waals surface area (Å²) in [6, 6.07) is 26.0. The number of carbonyl (C=O) groups is 2. The number of carbonyl (C=O) groups excluding carboxylic acids is 2. The SMILES string of the molecule is O=C1C=C(c2ccccc2)N(c2ccccc2)C(=O)C1Sc1ccc(Cl)cc1. The number of nitrogens with zero attached hydrogens (tertiary/aromatic N) is 1. The zero-order valence-corrected chi connectivity index (χ0v) is 16.4. The highest BCUT2D eigenvalue weighted by molar-refractivity contribution is 8.01. The molecular weight excluding hydrogens is 390 g/mol. The molecule has 5 heteroatoms. The molecule has 1 unspecified atom stereocenters. The summed E-state index contributed by atoms with van der Waals surface area (Å²) in [6.45, 7) is 0. The van der Waals surface area contributed by atoms with Crippen molar-refractivity contribution in [2.24, 2.45) is 0 Å². The fourth-order valence-corrected chi connectivity index (χ4v) is 4.14. The minimum Gasteiger partial charge on any atom is -0.293 e. The highest BCUT2D eigenvalue weighted by Gasteiger charge is 2.38. The first-order valence-electron chi connectivity index (χ1n) is 8.76. The van der Waals surface area contributed by atoms with Gasteiger partial charge in [0.15, 0.2) is 11.0 Å². The lowest BCUT2D eigenvalue weighted by Gasteiger charge is -2.32. The van der Waals surface area contributed by atoms with Crippen LogP contribution in [-0.2, 0) is 9.59 Å². The molecule has 1 heterocycles. The van der Waals surface area contributed by atoms with Crippen LogP contribution in [0, 0.1) is 0 Å². The summed E-state index contributed by atoms with van der Waals surface area (Å²) in [5, 5.41) is -0.225. The van der Waals surface area contributed by atoms with E-state index in [4.69, 9.17) is 11.6 Å². The third-order valence-electron chi connectivity index (χ3n) is 4.37. The van der Waals surface area contributed by atoms with Crippen molar-refractivity contribution in [2.45, 2.75) is 10.1 Å². The molecule has 1 amide bonds.